The molecule has 0 saturated heterocycles. The predicted molar refractivity (Wildman–Crippen MR) is 75.3 cm³/mol. The predicted octanol–water partition coefficient (Wildman–Crippen LogP) is 3.94. The highest BCUT2D eigenvalue weighted by atomic mass is 35.5. The summed E-state index contributed by atoms with van der Waals surface area (Å²) in [5.41, 5.74) is 0.431. The van der Waals surface area contributed by atoms with Gasteiger partial charge in [-0.25, -0.2) is 4.98 Å². The van der Waals surface area contributed by atoms with Crippen LogP contribution in [0.4, 0.5) is 0 Å². The lowest BCUT2D eigenvalue weighted by molar-refractivity contribution is 0.0937. The van der Waals surface area contributed by atoms with Gasteiger partial charge in [-0.05, 0) is 31.7 Å². The summed E-state index contributed by atoms with van der Waals surface area (Å²) in [5, 5.41) is 3.42. The second-order valence-electron chi connectivity index (χ2n) is 4.84. The van der Waals surface area contributed by atoms with Crippen LogP contribution in [0.25, 0.3) is 0 Å². The number of carbonyl (C=O) groups is 1. The maximum Gasteiger partial charge on any atom is 0.253 e. The topological polar surface area (TPSA) is 42.0 Å². The first-order valence-electron chi connectivity index (χ1n) is 6.02. The molecule has 0 spiro atoms. The number of hydrogen-bond acceptors (Lipinski definition) is 2. The molecule has 1 aromatic heterocycles. The third-order valence-electron chi connectivity index (χ3n) is 2.61. The van der Waals surface area contributed by atoms with Crippen LogP contribution in [-0.4, -0.2) is 16.9 Å². The minimum atomic E-state index is -0.169. The molecule has 0 fully saturated rings. The zero-order valence-electron chi connectivity index (χ0n) is 10.8. The van der Waals surface area contributed by atoms with E-state index in [2.05, 4.69) is 24.1 Å². The molecule has 1 unspecified atom stereocenters. The van der Waals surface area contributed by atoms with Crippen LogP contribution in [0, 0.1) is 5.92 Å². The van der Waals surface area contributed by atoms with Crippen LogP contribution >= 0.6 is 23.2 Å². The van der Waals surface area contributed by atoms with Crippen LogP contribution in [0.15, 0.2) is 12.3 Å². The standard InChI is InChI=1S/C13H18Cl2N2O/c1-8(2)4-5-9(3)17-13(18)10-6-11(14)12(15)16-7-10/h6-9H,4-5H2,1-3H3,(H,17,18). The first kappa shape index (κ1) is 15.3. The molecule has 0 aliphatic rings. The molecule has 1 heterocycles. The molecule has 1 amide bonds. The van der Waals surface area contributed by atoms with Crippen molar-refractivity contribution in [2.75, 3.05) is 0 Å². The molecule has 0 saturated carbocycles. The average molecular weight is 289 g/mol. The van der Waals surface area contributed by atoms with Gasteiger partial charge in [0, 0.05) is 12.2 Å². The quantitative estimate of drug-likeness (QED) is 0.834. The lowest BCUT2D eigenvalue weighted by atomic mass is 10.0. The zero-order chi connectivity index (χ0) is 13.7. The highest BCUT2D eigenvalue weighted by Crippen LogP contribution is 2.19. The van der Waals surface area contributed by atoms with Gasteiger partial charge in [0.1, 0.15) is 5.15 Å². The smallest absolute Gasteiger partial charge is 0.253 e. The molecule has 1 N–H and O–H groups in total. The number of carbonyl (C=O) groups excluding carboxylic acids is 1. The Morgan fingerprint density at radius 2 is 2.00 bits per heavy atom. The van der Waals surface area contributed by atoms with E-state index >= 15 is 0 Å². The first-order chi connectivity index (χ1) is 8.40. The Hall–Kier alpha value is -0.800. The first-order valence-corrected chi connectivity index (χ1v) is 6.77. The molecule has 0 aliphatic heterocycles. The molecule has 0 radical (unpaired) electrons. The van der Waals surface area contributed by atoms with Crippen LogP contribution in [0.5, 0.6) is 0 Å². The van der Waals surface area contributed by atoms with E-state index in [9.17, 15) is 4.79 Å². The second-order valence-corrected chi connectivity index (χ2v) is 5.61. The molecular formula is C13H18Cl2N2O. The lowest BCUT2D eigenvalue weighted by Gasteiger charge is -2.15. The van der Waals surface area contributed by atoms with Crippen LogP contribution in [0.2, 0.25) is 10.2 Å². The lowest BCUT2D eigenvalue weighted by Crippen LogP contribution is -2.32. The summed E-state index contributed by atoms with van der Waals surface area (Å²) < 4.78 is 0. The van der Waals surface area contributed by atoms with Crippen molar-refractivity contribution < 1.29 is 4.79 Å². The van der Waals surface area contributed by atoms with Gasteiger partial charge in [-0.2, -0.15) is 0 Å². The molecule has 1 rings (SSSR count). The maximum absolute atomic E-state index is 11.9. The molecule has 0 bridgehead atoms. The number of aromatic nitrogens is 1. The van der Waals surface area contributed by atoms with Crippen molar-refractivity contribution in [2.24, 2.45) is 5.92 Å². The molecule has 1 atom stereocenters. The minimum absolute atomic E-state index is 0.134. The number of hydrogen-bond donors (Lipinski definition) is 1. The van der Waals surface area contributed by atoms with E-state index in [4.69, 9.17) is 23.2 Å². The van der Waals surface area contributed by atoms with Gasteiger partial charge in [-0.1, -0.05) is 37.0 Å². The summed E-state index contributed by atoms with van der Waals surface area (Å²) in [6, 6.07) is 1.66. The van der Waals surface area contributed by atoms with Gasteiger partial charge in [0.15, 0.2) is 0 Å². The SMILES string of the molecule is CC(C)CCC(C)NC(=O)c1cnc(Cl)c(Cl)c1. The van der Waals surface area contributed by atoms with Crippen LogP contribution in [0.3, 0.4) is 0 Å². The van der Waals surface area contributed by atoms with Crippen LogP contribution in [-0.2, 0) is 0 Å². The summed E-state index contributed by atoms with van der Waals surface area (Å²) in [6.45, 7) is 6.32. The Bertz CT molecular complexity index is 421. The highest BCUT2D eigenvalue weighted by molar-refractivity contribution is 6.41. The minimum Gasteiger partial charge on any atom is -0.350 e. The summed E-state index contributed by atoms with van der Waals surface area (Å²) in [5.74, 6) is 0.466. The van der Waals surface area contributed by atoms with Crippen molar-refractivity contribution in [3.63, 3.8) is 0 Å². The van der Waals surface area contributed by atoms with Crippen molar-refractivity contribution in [3.8, 4) is 0 Å². The monoisotopic (exact) mass is 288 g/mol. The molecule has 3 nitrogen and oxygen atoms in total. The third kappa shape index (κ3) is 4.83. The van der Waals surface area contributed by atoms with Crippen LogP contribution in [0.1, 0.15) is 44.0 Å². The van der Waals surface area contributed by atoms with E-state index in [1.165, 1.54) is 12.3 Å². The third-order valence-corrected chi connectivity index (χ3v) is 3.30. The molecule has 0 aliphatic carbocycles. The van der Waals surface area contributed by atoms with Crippen molar-refractivity contribution in [3.05, 3.63) is 28.0 Å². The van der Waals surface area contributed by atoms with Crippen LogP contribution < -0.4 is 5.32 Å². The fraction of sp³-hybridized carbons (Fsp3) is 0.538. The van der Waals surface area contributed by atoms with E-state index < -0.39 is 0 Å². The van der Waals surface area contributed by atoms with E-state index in [-0.39, 0.29) is 17.1 Å². The van der Waals surface area contributed by atoms with Gasteiger partial charge >= 0.3 is 0 Å². The van der Waals surface area contributed by atoms with Gasteiger partial charge in [0.2, 0.25) is 0 Å². The fourth-order valence-electron chi connectivity index (χ4n) is 1.51. The Morgan fingerprint density at radius 1 is 1.33 bits per heavy atom. The molecule has 18 heavy (non-hydrogen) atoms. The summed E-state index contributed by atoms with van der Waals surface area (Å²) in [6.07, 6.45) is 3.47. The normalized spacial score (nSPS) is 12.6. The molecule has 100 valence electrons. The number of nitrogens with one attached hydrogen (secondary N) is 1. The maximum atomic E-state index is 11.9. The molecule has 5 heteroatoms. The summed E-state index contributed by atoms with van der Waals surface area (Å²) in [4.78, 5) is 15.8. The van der Waals surface area contributed by atoms with Gasteiger partial charge in [0.25, 0.3) is 5.91 Å². The number of amides is 1. The number of nitrogens with zero attached hydrogens (tertiary/aromatic N) is 1. The Labute approximate surface area is 118 Å². The molecular weight excluding hydrogens is 271 g/mol. The number of pyridine rings is 1. The average Bonchev–Trinajstić information content (AvgIpc) is 2.30. The number of rotatable bonds is 5. The fourth-order valence-corrected chi connectivity index (χ4v) is 1.78. The summed E-state index contributed by atoms with van der Waals surface area (Å²) >= 11 is 11.5. The van der Waals surface area contributed by atoms with Crippen molar-refractivity contribution in [1.82, 2.24) is 10.3 Å². The van der Waals surface area contributed by atoms with Gasteiger partial charge in [-0.15, -0.1) is 0 Å². The van der Waals surface area contributed by atoms with Gasteiger partial charge in [-0.3, -0.25) is 4.79 Å². The van der Waals surface area contributed by atoms with Gasteiger partial charge in [0.05, 0.1) is 10.6 Å². The van der Waals surface area contributed by atoms with E-state index in [0.29, 0.717) is 16.5 Å². The van der Waals surface area contributed by atoms with Crippen molar-refractivity contribution >= 4 is 29.1 Å². The Morgan fingerprint density at radius 3 is 2.56 bits per heavy atom. The van der Waals surface area contributed by atoms with E-state index in [0.717, 1.165) is 12.8 Å². The Balaban J connectivity index is 2.56. The number of halogens is 2. The highest BCUT2D eigenvalue weighted by Gasteiger charge is 2.12. The zero-order valence-corrected chi connectivity index (χ0v) is 12.3. The molecule has 0 aromatic carbocycles. The van der Waals surface area contributed by atoms with E-state index in [1.807, 2.05) is 6.92 Å². The van der Waals surface area contributed by atoms with Crippen molar-refractivity contribution in [2.45, 2.75) is 39.7 Å². The second kappa shape index (κ2) is 6.95. The largest absolute Gasteiger partial charge is 0.350 e. The summed E-state index contributed by atoms with van der Waals surface area (Å²) in [7, 11) is 0. The molecule has 1 aromatic rings. The van der Waals surface area contributed by atoms with Crippen molar-refractivity contribution in [1.29, 1.82) is 0 Å². The Kier molecular flexibility index (Phi) is 5.89. The van der Waals surface area contributed by atoms with Gasteiger partial charge < -0.3 is 5.32 Å². The van der Waals surface area contributed by atoms with E-state index in [1.54, 1.807) is 0 Å².